The lowest BCUT2D eigenvalue weighted by molar-refractivity contribution is 0.143. The van der Waals surface area contributed by atoms with Crippen molar-refractivity contribution in [2.75, 3.05) is 105 Å². The summed E-state index contributed by atoms with van der Waals surface area (Å²) < 4.78 is 0. The molecule has 3 saturated heterocycles. The summed E-state index contributed by atoms with van der Waals surface area (Å²) in [5.74, 6) is 0. The van der Waals surface area contributed by atoms with E-state index in [1.54, 1.807) is 0 Å². The van der Waals surface area contributed by atoms with Crippen LogP contribution >= 0.6 is 0 Å². The molecule has 0 bridgehead atoms. The summed E-state index contributed by atoms with van der Waals surface area (Å²) >= 11 is 0. The van der Waals surface area contributed by atoms with Crippen molar-refractivity contribution in [3.63, 3.8) is 0 Å². The van der Waals surface area contributed by atoms with E-state index >= 15 is 0 Å². The fourth-order valence-corrected chi connectivity index (χ4v) is 8.89. The predicted molar refractivity (Wildman–Crippen MR) is 272 cm³/mol. The van der Waals surface area contributed by atoms with Gasteiger partial charge in [0.25, 0.3) is 6.67 Å². The van der Waals surface area contributed by atoms with Crippen LogP contribution in [0, 0.1) is 17.9 Å². The Hall–Kier alpha value is -5.90. The number of nitriles is 1. The van der Waals surface area contributed by atoms with Crippen molar-refractivity contribution in [1.29, 1.82) is 5.26 Å². The van der Waals surface area contributed by atoms with Crippen molar-refractivity contribution in [1.82, 2.24) is 29.4 Å². The summed E-state index contributed by atoms with van der Waals surface area (Å²) in [6.45, 7) is 20.6. The third kappa shape index (κ3) is 15.3. The molecule has 3 aliphatic rings. The molecule has 5 aromatic rings. The lowest BCUT2D eigenvalue weighted by Gasteiger charge is -2.30. The Bertz CT molecular complexity index is 2100. The number of nitrogens with two attached hydrogens (primary N) is 2. The molecule has 4 N–H and O–H groups in total. The van der Waals surface area contributed by atoms with E-state index in [1.807, 2.05) is 67.0 Å². The van der Waals surface area contributed by atoms with Crippen LogP contribution in [0.25, 0.3) is 4.85 Å². The highest BCUT2D eigenvalue weighted by Crippen LogP contribution is 2.31. The molecule has 66 heavy (non-hydrogen) atoms. The SMILES string of the molecule is C.C(=NCCN1CCN(CCN=Cc2ccccc2)C1c1ccccc1)c1ccccc1.NCCN1CCN(CCN)C1c1ccccc1.[C-]#[N+]CN1CCN(CC#N)C1c1ccccc1. The monoisotopic (exact) mass is 887 g/mol. The molecule has 0 amide bonds. The Kier molecular flexibility index (Phi) is 22.4. The average molecular weight is 887 g/mol. The Morgan fingerprint density at radius 2 is 0.818 bits per heavy atom. The first-order valence-corrected chi connectivity index (χ1v) is 22.9. The van der Waals surface area contributed by atoms with Gasteiger partial charge in [-0.15, -0.1) is 0 Å². The minimum Gasteiger partial charge on any atom is -0.329 e. The van der Waals surface area contributed by atoms with Crippen molar-refractivity contribution in [3.05, 3.63) is 191 Å². The third-order valence-electron chi connectivity index (χ3n) is 11.9. The molecule has 0 saturated carbocycles. The molecule has 0 spiro atoms. The average Bonchev–Trinajstić information content (AvgIpc) is 4.08. The number of nitrogens with zero attached hydrogens (tertiary/aromatic N) is 10. The first-order chi connectivity index (χ1) is 32.1. The molecule has 1 atom stereocenters. The van der Waals surface area contributed by atoms with Crippen LogP contribution in [0.1, 0.15) is 53.7 Å². The van der Waals surface area contributed by atoms with Crippen LogP contribution in [0.4, 0.5) is 0 Å². The zero-order valence-corrected chi connectivity index (χ0v) is 37.8. The van der Waals surface area contributed by atoms with Crippen LogP contribution in [-0.2, 0) is 0 Å². The molecular formula is C54H70N12. The number of aliphatic imine (C=N–C) groups is 2. The Morgan fingerprint density at radius 1 is 0.500 bits per heavy atom. The fraction of sp³-hybridized carbons (Fsp3) is 0.370. The zero-order chi connectivity index (χ0) is 45.3. The van der Waals surface area contributed by atoms with Gasteiger partial charge in [-0.1, -0.05) is 159 Å². The summed E-state index contributed by atoms with van der Waals surface area (Å²) in [6, 6.07) is 54.3. The number of hydrogen-bond donors (Lipinski definition) is 2. The van der Waals surface area contributed by atoms with E-state index in [4.69, 9.17) is 23.3 Å². The second kappa shape index (κ2) is 28.9. The minimum atomic E-state index is 0. The standard InChI is InChI=1S/C27H30N4.C13H14N4.C13H22N4.CH4/c1-4-10-24(11-5-1)22-28-16-18-30-20-21-31(27(30)26-14-8-3-9-15-26)19-17-29-23-25-12-6-2-7-13-25;1-15-11-17-10-9-16(8-7-14)13(17)12-5-3-2-4-6-12;14-6-8-16-10-11-17(9-7-15)13(16)12-4-2-1-3-5-12;/h1-15,22-23,27H,16-21H2;2-6,13H,8-11H2;1-5,13H,6-11,14-15H2;1H4. The van der Waals surface area contributed by atoms with Crippen molar-refractivity contribution in [2.24, 2.45) is 21.5 Å². The summed E-state index contributed by atoms with van der Waals surface area (Å²) in [7, 11) is 0. The molecule has 0 radical (unpaired) electrons. The van der Waals surface area contributed by atoms with Crippen LogP contribution in [0.5, 0.6) is 0 Å². The quantitative estimate of drug-likeness (QED) is 0.0572. The van der Waals surface area contributed by atoms with Crippen molar-refractivity contribution in [3.8, 4) is 6.07 Å². The summed E-state index contributed by atoms with van der Waals surface area (Å²) in [5.41, 5.74) is 17.5. The molecule has 3 fully saturated rings. The maximum absolute atomic E-state index is 8.84. The van der Waals surface area contributed by atoms with Crippen LogP contribution in [0.3, 0.4) is 0 Å². The van der Waals surface area contributed by atoms with E-state index in [2.05, 4.69) is 147 Å². The molecule has 3 aliphatic heterocycles. The fourth-order valence-electron chi connectivity index (χ4n) is 8.89. The van der Waals surface area contributed by atoms with Gasteiger partial charge in [0.05, 0.1) is 44.2 Å². The Labute approximate surface area is 394 Å². The zero-order valence-electron chi connectivity index (χ0n) is 37.8. The van der Waals surface area contributed by atoms with Crippen LogP contribution in [0.15, 0.2) is 162 Å². The van der Waals surface area contributed by atoms with E-state index in [0.29, 0.717) is 38.6 Å². The van der Waals surface area contributed by atoms with Gasteiger partial charge in [0, 0.05) is 91.0 Å². The summed E-state index contributed by atoms with van der Waals surface area (Å²) in [4.78, 5) is 26.9. The van der Waals surface area contributed by atoms with Gasteiger partial charge in [0.2, 0.25) is 0 Å². The number of rotatable bonds is 17. The second-order valence-corrected chi connectivity index (χ2v) is 16.2. The van der Waals surface area contributed by atoms with Gasteiger partial charge in [0.15, 0.2) is 0 Å². The summed E-state index contributed by atoms with van der Waals surface area (Å²) in [5, 5.41) is 8.84. The van der Waals surface area contributed by atoms with Crippen LogP contribution < -0.4 is 11.5 Å². The molecule has 0 aromatic heterocycles. The van der Waals surface area contributed by atoms with E-state index in [-0.39, 0.29) is 13.6 Å². The Balaban J connectivity index is 0.000000199. The van der Waals surface area contributed by atoms with E-state index in [9.17, 15) is 0 Å². The molecule has 5 aromatic carbocycles. The van der Waals surface area contributed by atoms with Crippen molar-refractivity contribution in [2.45, 2.75) is 25.9 Å². The van der Waals surface area contributed by atoms with E-state index in [1.165, 1.54) is 11.1 Å². The summed E-state index contributed by atoms with van der Waals surface area (Å²) in [6.07, 6.45) is 4.67. The molecule has 8 rings (SSSR count). The lowest BCUT2D eigenvalue weighted by Crippen LogP contribution is -2.36. The highest BCUT2D eigenvalue weighted by molar-refractivity contribution is 5.79. The molecule has 12 heteroatoms. The lowest BCUT2D eigenvalue weighted by atomic mass is 10.1. The highest BCUT2D eigenvalue weighted by atomic mass is 15.4. The largest absolute Gasteiger partial charge is 0.329 e. The van der Waals surface area contributed by atoms with Gasteiger partial charge in [-0.25, -0.2) is 11.5 Å². The van der Waals surface area contributed by atoms with Gasteiger partial charge in [-0.2, -0.15) is 5.26 Å². The maximum Gasteiger partial charge on any atom is 0.272 e. The smallest absolute Gasteiger partial charge is 0.272 e. The molecule has 346 valence electrons. The topological polar surface area (TPSA) is 124 Å². The third-order valence-corrected chi connectivity index (χ3v) is 11.9. The first kappa shape index (κ1) is 51.1. The van der Waals surface area contributed by atoms with Gasteiger partial charge < -0.3 is 11.5 Å². The number of benzene rings is 5. The molecule has 0 aliphatic carbocycles. The molecule has 1 unspecified atom stereocenters. The van der Waals surface area contributed by atoms with Crippen LogP contribution in [-0.4, -0.2) is 147 Å². The highest BCUT2D eigenvalue weighted by Gasteiger charge is 2.35. The van der Waals surface area contributed by atoms with E-state index < -0.39 is 0 Å². The minimum absolute atomic E-state index is 0. The van der Waals surface area contributed by atoms with Gasteiger partial charge in [-0.3, -0.25) is 39.3 Å². The Morgan fingerprint density at radius 3 is 1.17 bits per heavy atom. The second-order valence-electron chi connectivity index (χ2n) is 16.2. The molecule has 12 nitrogen and oxygen atoms in total. The molecule has 3 heterocycles. The van der Waals surface area contributed by atoms with E-state index in [0.717, 1.165) is 95.2 Å². The van der Waals surface area contributed by atoms with Crippen molar-refractivity contribution >= 4 is 12.4 Å². The number of hydrogen-bond acceptors (Lipinski definition) is 11. The molecular weight excluding hydrogens is 817 g/mol. The van der Waals surface area contributed by atoms with Gasteiger partial charge in [0.1, 0.15) is 0 Å². The predicted octanol–water partition coefficient (Wildman–Crippen LogP) is 7.10. The maximum atomic E-state index is 8.84. The normalized spacial score (nSPS) is 18.6. The van der Waals surface area contributed by atoms with Crippen molar-refractivity contribution < 1.29 is 0 Å². The van der Waals surface area contributed by atoms with Gasteiger partial charge in [-0.05, 0) is 27.8 Å². The van der Waals surface area contributed by atoms with Crippen LogP contribution in [0.2, 0.25) is 0 Å². The first-order valence-electron chi connectivity index (χ1n) is 22.9. The van der Waals surface area contributed by atoms with Gasteiger partial charge >= 0.3 is 0 Å².